The van der Waals surface area contributed by atoms with E-state index in [1.165, 1.54) is 0 Å². The largest absolute Gasteiger partial charge is 0.347 e. The van der Waals surface area contributed by atoms with Crippen LogP contribution in [0, 0.1) is 0 Å². The summed E-state index contributed by atoms with van der Waals surface area (Å²) in [5, 5.41) is 3.03. The van der Waals surface area contributed by atoms with Gasteiger partial charge in [0, 0.05) is 12.1 Å². The molecule has 5 heteroatoms. The summed E-state index contributed by atoms with van der Waals surface area (Å²) in [4.78, 5) is 19.5. The van der Waals surface area contributed by atoms with E-state index in [2.05, 4.69) is 15.3 Å². The summed E-state index contributed by atoms with van der Waals surface area (Å²) >= 11 is 0. The first-order valence-electron chi connectivity index (χ1n) is 6.73. The van der Waals surface area contributed by atoms with Gasteiger partial charge in [-0.25, -0.2) is 4.98 Å². The molecule has 3 rings (SSSR count). The SMILES string of the molecule is NC1CCC(NC(=O)c2nc3ccccc3[nH]2)CC1. The third kappa shape index (κ3) is 2.61. The number of aromatic nitrogens is 2. The number of nitrogens with two attached hydrogens (primary N) is 1. The number of para-hydroxylation sites is 2. The van der Waals surface area contributed by atoms with Crippen LogP contribution in [0.15, 0.2) is 24.3 Å². The van der Waals surface area contributed by atoms with Gasteiger partial charge in [-0.15, -0.1) is 0 Å². The molecule has 0 unspecified atom stereocenters. The van der Waals surface area contributed by atoms with Crippen LogP contribution in [0.3, 0.4) is 0 Å². The third-order valence-corrected chi connectivity index (χ3v) is 3.71. The van der Waals surface area contributed by atoms with Crippen molar-refractivity contribution >= 4 is 16.9 Å². The highest BCUT2D eigenvalue weighted by Gasteiger charge is 2.21. The molecule has 1 aromatic carbocycles. The molecule has 0 saturated heterocycles. The van der Waals surface area contributed by atoms with Gasteiger partial charge in [0.15, 0.2) is 5.82 Å². The number of carbonyl (C=O) groups excluding carboxylic acids is 1. The minimum atomic E-state index is -0.128. The molecule has 4 N–H and O–H groups in total. The van der Waals surface area contributed by atoms with Crippen LogP contribution in [0.2, 0.25) is 0 Å². The molecule has 1 aromatic heterocycles. The Morgan fingerprint density at radius 3 is 2.74 bits per heavy atom. The lowest BCUT2D eigenvalue weighted by Gasteiger charge is -2.26. The maximum Gasteiger partial charge on any atom is 0.287 e. The molecule has 2 aromatic rings. The fourth-order valence-corrected chi connectivity index (χ4v) is 2.58. The van der Waals surface area contributed by atoms with Crippen molar-refractivity contribution in [2.45, 2.75) is 37.8 Å². The number of nitrogens with one attached hydrogen (secondary N) is 2. The Kier molecular flexibility index (Phi) is 3.21. The predicted octanol–water partition coefficient (Wildman–Crippen LogP) is 1.56. The molecule has 0 atom stereocenters. The van der Waals surface area contributed by atoms with E-state index in [1.807, 2.05) is 24.3 Å². The van der Waals surface area contributed by atoms with Gasteiger partial charge in [-0.05, 0) is 37.8 Å². The van der Waals surface area contributed by atoms with Crippen LogP contribution < -0.4 is 11.1 Å². The van der Waals surface area contributed by atoms with Crippen LogP contribution >= 0.6 is 0 Å². The maximum atomic E-state index is 12.1. The van der Waals surface area contributed by atoms with Crippen molar-refractivity contribution in [3.05, 3.63) is 30.1 Å². The lowest BCUT2D eigenvalue weighted by Crippen LogP contribution is -2.40. The highest BCUT2D eigenvalue weighted by Crippen LogP contribution is 2.17. The van der Waals surface area contributed by atoms with E-state index >= 15 is 0 Å². The molecule has 1 aliphatic rings. The van der Waals surface area contributed by atoms with E-state index in [0.717, 1.165) is 36.7 Å². The molecule has 0 spiro atoms. The van der Waals surface area contributed by atoms with Crippen molar-refractivity contribution in [3.8, 4) is 0 Å². The molecule has 1 aliphatic carbocycles. The second kappa shape index (κ2) is 5.01. The Bertz CT molecular complexity index is 551. The number of carbonyl (C=O) groups is 1. The summed E-state index contributed by atoms with van der Waals surface area (Å²) in [5.74, 6) is 0.257. The van der Waals surface area contributed by atoms with Gasteiger partial charge in [0.2, 0.25) is 0 Å². The second-order valence-corrected chi connectivity index (χ2v) is 5.19. The highest BCUT2D eigenvalue weighted by atomic mass is 16.2. The molecule has 19 heavy (non-hydrogen) atoms. The van der Waals surface area contributed by atoms with Crippen LogP contribution in [0.1, 0.15) is 36.3 Å². The zero-order valence-corrected chi connectivity index (χ0v) is 10.7. The fourth-order valence-electron chi connectivity index (χ4n) is 2.58. The molecular weight excluding hydrogens is 240 g/mol. The van der Waals surface area contributed by atoms with Crippen molar-refractivity contribution in [2.75, 3.05) is 0 Å². The summed E-state index contributed by atoms with van der Waals surface area (Å²) in [7, 11) is 0. The Morgan fingerprint density at radius 2 is 2.00 bits per heavy atom. The smallest absolute Gasteiger partial charge is 0.287 e. The highest BCUT2D eigenvalue weighted by molar-refractivity contribution is 5.94. The average molecular weight is 258 g/mol. The number of nitrogens with zero attached hydrogens (tertiary/aromatic N) is 1. The molecule has 1 fully saturated rings. The normalized spacial score (nSPS) is 23.4. The van der Waals surface area contributed by atoms with Crippen molar-refractivity contribution < 1.29 is 4.79 Å². The molecule has 1 heterocycles. The van der Waals surface area contributed by atoms with Gasteiger partial charge < -0.3 is 16.0 Å². The number of fused-ring (bicyclic) bond motifs is 1. The number of imidazole rings is 1. The quantitative estimate of drug-likeness (QED) is 0.764. The first kappa shape index (κ1) is 12.2. The van der Waals surface area contributed by atoms with Gasteiger partial charge in [0.05, 0.1) is 11.0 Å². The van der Waals surface area contributed by atoms with Gasteiger partial charge in [0.1, 0.15) is 0 Å². The van der Waals surface area contributed by atoms with E-state index in [1.54, 1.807) is 0 Å². The summed E-state index contributed by atoms with van der Waals surface area (Å²) in [6.45, 7) is 0. The summed E-state index contributed by atoms with van der Waals surface area (Å²) in [6, 6.07) is 8.15. The number of hydrogen-bond acceptors (Lipinski definition) is 3. The Morgan fingerprint density at radius 1 is 1.26 bits per heavy atom. The van der Waals surface area contributed by atoms with Crippen LogP contribution in [0.25, 0.3) is 11.0 Å². The van der Waals surface area contributed by atoms with Crippen LogP contribution in [0.4, 0.5) is 0 Å². The van der Waals surface area contributed by atoms with Gasteiger partial charge in [-0.3, -0.25) is 4.79 Å². The van der Waals surface area contributed by atoms with Crippen LogP contribution in [-0.4, -0.2) is 28.0 Å². The Balaban J connectivity index is 1.70. The zero-order valence-electron chi connectivity index (χ0n) is 10.7. The van der Waals surface area contributed by atoms with E-state index < -0.39 is 0 Å². The Labute approximate surface area is 111 Å². The minimum Gasteiger partial charge on any atom is -0.347 e. The lowest BCUT2D eigenvalue weighted by atomic mass is 9.92. The fraction of sp³-hybridized carbons (Fsp3) is 0.429. The van der Waals surface area contributed by atoms with Gasteiger partial charge in [-0.2, -0.15) is 0 Å². The molecule has 0 bridgehead atoms. The first-order chi connectivity index (χ1) is 9.22. The number of aromatic amines is 1. The minimum absolute atomic E-state index is 0.128. The standard InChI is InChI=1S/C14H18N4O/c15-9-5-7-10(8-6-9)16-14(19)13-17-11-3-1-2-4-12(11)18-13/h1-4,9-10H,5-8,15H2,(H,16,19)(H,17,18). The topological polar surface area (TPSA) is 83.8 Å². The van der Waals surface area contributed by atoms with E-state index in [9.17, 15) is 4.79 Å². The van der Waals surface area contributed by atoms with E-state index in [-0.39, 0.29) is 11.9 Å². The predicted molar refractivity (Wildman–Crippen MR) is 73.8 cm³/mol. The second-order valence-electron chi connectivity index (χ2n) is 5.19. The first-order valence-corrected chi connectivity index (χ1v) is 6.73. The number of hydrogen-bond donors (Lipinski definition) is 3. The van der Waals surface area contributed by atoms with Gasteiger partial charge >= 0.3 is 0 Å². The molecule has 5 nitrogen and oxygen atoms in total. The van der Waals surface area contributed by atoms with Crippen molar-refractivity contribution in [1.82, 2.24) is 15.3 Å². The number of benzene rings is 1. The molecule has 1 saturated carbocycles. The van der Waals surface area contributed by atoms with Crippen LogP contribution in [0.5, 0.6) is 0 Å². The zero-order chi connectivity index (χ0) is 13.2. The summed E-state index contributed by atoms with van der Waals surface area (Å²) in [6.07, 6.45) is 3.86. The van der Waals surface area contributed by atoms with Crippen LogP contribution in [-0.2, 0) is 0 Å². The Hall–Kier alpha value is -1.88. The number of H-pyrrole nitrogens is 1. The van der Waals surface area contributed by atoms with Crippen molar-refractivity contribution in [1.29, 1.82) is 0 Å². The van der Waals surface area contributed by atoms with Gasteiger partial charge in [0.25, 0.3) is 5.91 Å². The number of rotatable bonds is 2. The maximum absolute atomic E-state index is 12.1. The number of amides is 1. The lowest BCUT2D eigenvalue weighted by molar-refractivity contribution is 0.0916. The summed E-state index contributed by atoms with van der Waals surface area (Å²) in [5.41, 5.74) is 7.56. The average Bonchev–Trinajstić information content (AvgIpc) is 2.85. The molecule has 1 amide bonds. The van der Waals surface area contributed by atoms with Crippen molar-refractivity contribution in [2.24, 2.45) is 5.73 Å². The molecule has 0 radical (unpaired) electrons. The van der Waals surface area contributed by atoms with E-state index in [4.69, 9.17) is 5.73 Å². The molecular formula is C14H18N4O. The van der Waals surface area contributed by atoms with E-state index in [0.29, 0.717) is 11.9 Å². The monoisotopic (exact) mass is 258 g/mol. The third-order valence-electron chi connectivity index (χ3n) is 3.71. The van der Waals surface area contributed by atoms with Gasteiger partial charge in [-0.1, -0.05) is 12.1 Å². The molecule has 100 valence electrons. The molecule has 0 aliphatic heterocycles. The van der Waals surface area contributed by atoms with Crippen molar-refractivity contribution in [3.63, 3.8) is 0 Å². The summed E-state index contributed by atoms with van der Waals surface area (Å²) < 4.78 is 0.